The van der Waals surface area contributed by atoms with Gasteiger partial charge >= 0.3 is 0 Å². The lowest BCUT2D eigenvalue weighted by Crippen LogP contribution is -2.49. The molecule has 5 nitrogen and oxygen atoms in total. The zero-order chi connectivity index (χ0) is 22.1. The minimum Gasteiger partial charge on any atom is -0.497 e. The summed E-state index contributed by atoms with van der Waals surface area (Å²) in [6.07, 6.45) is 2.57. The molecule has 1 unspecified atom stereocenters. The van der Waals surface area contributed by atoms with Crippen molar-refractivity contribution in [1.82, 2.24) is 14.7 Å². The molecule has 0 spiro atoms. The molecule has 7 heteroatoms. The zero-order valence-corrected chi connectivity index (χ0v) is 19.4. The second-order valence-electron chi connectivity index (χ2n) is 8.84. The van der Waals surface area contributed by atoms with Gasteiger partial charge in [-0.2, -0.15) is 0 Å². The number of fused-ring (bicyclic) bond motifs is 2. The highest BCUT2D eigenvalue weighted by Gasteiger charge is 2.31. The molecular formula is C25H30FN3O2S. The van der Waals surface area contributed by atoms with E-state index in [1.807, 2.05) is 17.0 Å². The number of hydrogen-bond donors (Lipinski definition) is 0. The van der Waals surface area contributed by atoms with E-state index >= 15 is 0 Å². The van der Waals surface area contributed by atoms with Crippen LogP contribution < -0.4 is 4.74 Å². The maximum absolute atomic E-state index is 14.3. The lowest BCUT2D eigenvalue weighted by atomic mass is 9.96. The van der Waals surface area contributed by atoms with E-state index in [-0.39, 0.29) is 11.9 Å². The fourth-order valence-electron chi connectivity index (χ4n) is 5.06. The van der Waals surface area contributed by atoms with Gasteiger partial charge in [-0.25, -0.2) is 4.39 Å². The minimum absolute atomic E-state index is 0.158. The predicted molar refractivity (Wildman–Crippen MR) is 124 cm³/mol. The van der Waals surface area contributed by atoms with E-state index in [2.05, 4.69) is 21.9 Å². The average Bonchev–Trinajstić information content (AvgIpc) is 3.15. The second kappa shape index (κ2) is 9.41. The third-order valence-corrected chi connectivity index (χ3v) is 8.14. The summed E-state index contributed by atoms with van der Waals surface area (Å²) in [5.74, 6) is 0.976. The van der Waals surface area contributed by atoms with Gasteiger partial charge in [0.15, 0.2) is 0 Å². The molecule has 0 bridgehead atoms. The van der Waals surface area contributed by atoms with E-state index in [0.29, 0.717) is 12.3 Å². The van der Waals surface area contributed by atoms with Gasteiger partial charge in [-0.15, -0.1) is 0 Å². The summed E-state index contributed by atoms with van der Waals surface area (Å²) in [5.41, 5.74) is 2.37. The normalized spacial score (nSPS) is 21.9. The van der Waals surface area contributed by atoms with E-state index in [9.17, 15) is 9.18 Å². The van der Waals surface area contributed by atoms with Crippen LogP contribution in [0, 0.1) is 5.82 Å². The highest BCUT2D eigenvalue weighted by atomic mass is 32.2. The van der Waals surface area contributed by atoms with Gasteiger partial charge < -0.3 is 9.64 Å². The van der Waals surface area contributed by atoms with Crippen molar-refractivity contribution in [2.75, 3.05) is 52.9 Å². The van der Waals surface area contributed by atoms with Crippen LogP contribution in [0.5, 0.6) is 5.75 Å². The predicted octanol–water partition coefficient (Wildman–Crippen LogP) is 3.82. The molecule has 0 radical (unpaired) electrons. The smallest absolute Gasteiger partial charge is 0.222 e. The summed E-state index contributed by atoms with van der Waals surface area (Å²) in [5, 5.41) is 0. The Labute approximate surface area is 193 Å². The number of rotatable bonds is 5. The van der Waals surface area contributed by atoms with Crippen LogP contribution in [0.25, 0.3) is 0 Å². The Morgan fingerprint density at radius 3 is 2.62 bits per heavy atom. The van der Waals surface area contributed by atoms with Gasteiger partial charge in [-0.3, -0.25) is 14.6 Å². The van der Waals surface area contributed by atoms with Gasteiger partial charge in [0.05, 0.1) is 7.11 Å². The molecule has 3 heterocycles. The molecule has 0 saturated carbocycles. The van der Waals surface area contributed by atoms with Gasteiger partial charge in [-0.05, 0) is 54.3 Å². The molecule has 2 fully saturated rings. The first-order chi connectivity index (χ1) is 15.6. The molecule has 5 rings (SSSR count). The van der Waals surface area contributed by atoms with Crippen molar-refractivity contribution >= 4 is 17.7 Å². The molecule has 3 aliphatic rings. The number of nitrogens with zero attached hydrogens (tertiary/aromatic N) is 3. The van der Waals surface area contributed by atoms with Crippen molar-refractivity contribution in [3.05, 3.63) is 53.3 Å². The molecule has 3 aliphatic heterocycles. The maximum Gasteiger partial charge on any atom is 0.222 e. The van der Waals surface area contributed by atoms with Crippen molar-refractivity contribution in [1.29, 1.82) is 0 Å². The highest BCUT2D eigenvalue weighted by Crippen LogP contribution is 2.44. The SMILES string of the molecule is COc1ccc2c(c1)Sc1ccc(F)cc1C(N1CCN(CCN3CCCC3=O)CC1)C2. The fourth-order valence-corrected chi connectivity index (χ4v) is 6.21. The molecule has 0 N–H and O–H groups in total. The molecule has 0 aromatic heterocycles. The van der Waals surface area contributed by atoms with Gasteiger partial charge in [0, 0.05) is 68.1 Å². The number of methoxy groups -OCH3 is 1. The first-order valence-electron chi connectivity index (χ1n) is 11.5. The topological polar surface area (TPSA) is 36.0 Å². The van der Waals surface area contributed by atoms with Crippen molar-refractivity contribution in [2.45, 2.75) is 35.1 Å². The third kappa shape index (κ3) is 4.51. The molecule has 2 saturated heterocycles. The lowest BCUT2D eigenvalue weighted by molar-refractivity contribution is -0.127. The highest BCUT2D eigenvalue weighted by molar-refractivity contribution is 7.99. The van der Waals surface area contributed by atoms with Crippen molar-refractivity contribution < 1.29 is 13.9 Å². The quantitative estimate of drug-likeness (QED) is 0.685. The third-order valence-electron chi connectivity index (χ3n) is 6.94. The molecule has 2 aromatic rings. The molecule has 1 atom stereocenters. The first-order valence-corrected chi connectivity index (χ1v) is 12.3. The lowest BCUT2D eigenvalue weighted by Gasteiger charge is -2.40. The summed E-state index contributed by atoms with van der Waals surface area (Å²) in [7, 11) is 1.69. The van der Waals surface area contributed by atoms with E-state index < -0.39 is 0 Å². The summed E-state index contributed by atoms with van der Waals surface area (Å²) in [6.45, 7) is 6.54. The number of likely N-dealkylation sites (tertiary alicyclic amines) is 1. The van der Waals surface area contributed by atoms with E-state index in [0.717, 1.165) is 74.9 Å². The van der Waals surface area contributed by atoms with Crippen LogP contribution in [0.4, 0.5) is 4.39 Å². The van der Waals surface area contributed by atoms with Crippen LogP contribution in [0.3, 0.4) is 0 Å². The summed E-state index contributed by atoms with van der Waals surface area (Å²) >= 11 is 1.71. The van der Waals surface area contributed by atoms with Crippen molar-refractivity contribution in [2.24, 2.45) is 0 Å². The molecule has 1 amide bonds. The van der Waals surface area contributed by atoms with Crippen LogP contribution in [0.15, 0.2) is 46.2 Å². The van der Waals surface area contributed by atoms with Crippen LogP contribution >= 0.6 is 11.8 Å². The van der Waals surface area contributed by atoms with Crippen LogP contribution in [-0.2, 0) is 11.2 Å². The van der Waals surface area contributed by atoms with Gasteiger partial charge in [0.2, 0.25) is 5.91 Å². The van der Waals surface area contributed by atoms with Crippen LogP contribution in [0.1, 0.15) is 30.0 Å². The Bertz CT molecular complexity index is 993. The van der Waals surface area contributed by atoms with E-state index in [1.54, 1.807) is 31.0 Å². The number of piperazine rings is 1. The van der Waals surface area contributed by atoms with E-state index in [4.69, 9.17) is 4.74 Å². The van der Waals surface area contributed by atoms with Crippen LogP contribution in [-0.4, -0.2) is 73.5 Å². The number of halogens is 1. The number of carbonyl (C=O) groups is 1. The molecule has 0 aliphatic carbocycles. The average molecular weight is 456 g/mol. The summed E-state index contributed by atoms with van der Waals surface area (Å²) < 4.78 is 19.7. The van der Waals surface area contributed by atoms with Gasteiger partial charge in [0.25, 0.3) is 0 Å². The maximum atomic E-state index is 14.3. The van der Waals surface area contributed by atoms with Gasteiger partial charge in [0.1, 0.15) is 11.6 Å². The van der Waals surface area contributed by atoms with Crippen LogP contribution in [0.2, 0.25) is 0 Å². The Kier molecular flexibility index (Phi) is 6.40. The molecule has 2 aromatic carbocycles. The van der Waals surface area contributed by atoms with E-state index in [1.165, 1.54) is 10.5 Å². The van der Waals surface area contributed by atoms with Crippen molar-refractivity contribution in [3.8, 4) is 5.75 Å². The largest absolute Gasteiger partial charge is 0.497 e. The molecule has 32 heavy (non-hydrogen) atoms. The second-order valence-corrected chi connectivity index (χ2v) is 9.92. The molecule has 170 valence electrons. The minimum atomic E-state index is -0.174. The summed E-state index contributed by atoms with van der Waals surface area (Å²) in [4.78, 5) is 21.2. The van der Waals surface area contributed by atoms with Gasteiger partial charge in [-0.1, -0.05) is 17.8 Å². The Hall–Kier alpha value is -2.09. The number of benzene rings is 2. The van der Waals surface area contributed by atoms with Crippen molar-refractivity contribution in [3.63, 3.8) is 0 Å². The Morgan fingerprint density at radius 2 is 1.88 bits per heavy atom. The zero-order valence-electron chi connectivity index (χ0n) is 18.6. The number of carbonyl (C=O) groups excluding carboxylic acids is 1. The standard InChI is InChI=1S/C25H30FN3O2S/c1-31-20-6-4-18-15-22(21-16-19(26)5-7-23(21)32-24(18)17-20)28-12-9-27(10-13-28)11-14-29-8-2-3-25(29)30/h4-7,16-17,22H,2-3,8-15H2,1H3. The summed E-state index contributed by atoms with van der Waals surface area (Å²) in [6, 6.07) is 11.6. The molecular weight excluding hydrogens is 425 g/mol. The monoisotopic (exact) mass is 455 g/mol. The fraction of sp³-hybridized carbons (Fsp3) is 0.480. The Morgan fingerprint density at radius 1 is 1.03 bits per heavy atom. The number of hydrogen-bond acceptors (Lipinski definition) is 5. The first kappa shape index (κ1) is 21.7. The number of ether oxygens (including phenoxy) is 1. The number of amides is 1. The Balaban J connectivity index is 1.31.